The number of hydrogen-bond donors (Lipinski definition) is 1. The lowest BCUT2D eigenvalue weighted by Gasteiger charge is -2.19. The molecule has 0 aromatic carbocycles. The number of nitrogens with zero attached hydrogens (tertiary/aromatic N) is 2. The second-order valence-corrected chi connectivity index (χ2v) is 4.79. The summed E-state index contributed by atoms with van der Waals surface area (Å²) in [5.74, 6) is -0.708. The zero-order valence-electron chi connectivity index (χ0n) is 8.64. The summed E-state index contributed by atoms with van der Waals surface area (Å²) in [4.78, 5) is 17.3. The lowest BCUT2D eigenvalue weighted by Crippen LogP contribution is -2.35. The monoisotopic (exact) mass is 226 g/mol. The number of rotatable bonds is 3. The topological polar surface area (TPSA) is 53.4 Å². The molecule has 1 saturated heterocycles. The van der Waals surface area contributed by atoms with E-state index in [-0.39, 0.29) is 6.04 Å². The summed E-state index contributed by atoms with van der Waals surface area (Å²) in [5.41, 5.74) is 1.01. The van der Waals surface area contributed by atoms with Gasteiger partial charge in [0.15, 0.2) is 0 Å². The molecule has 1 fully saturated rings. The Labute approximate surface area is 92.6 Å². The Kier molecular flexibility index (Phi) is 3.02. The van der Waals surface area contributed by atoms with Gasteiger partial charge in [-0.25, -0.2) is 4.98 Å². The molecule has 1 aromatic rings. The maximum atomic E-state index is 10.9. The van der Waals surface area contributed by atoms with Crippen LogP contribution < -0.4 is 0 Å². The molecule has 0 aliphatic carbocycles. The van der Waals surface area contributed by atoms with Crippen LogP contribution in [0.2, 0.25) is 0 Å². The molecule has 0 radical (unpaired) electrons. The summed E-state index contributed by atoms with van der Waals surface area (Å²) in [6, 6.07) is -0.311. The van der Waals surface area contributed by atoms with Gasteiger partial charge in [-0.3, -0.25) is 9.69 Å². The van der Waals surface area contributed by atoms with E-state index in [1.54, 1.807) is 11.3 Å². The van der Waals surface area contributed by atoms with E-state index in [9.17, 15) is 4.79 Å². The third-order valence-corrected chi connectivity index (χ3v) is 3.61. The van der Waals surface area contributed by atoms with Crippen molar-refractivity contribution in [3.8, 4) is 0 Å². The summed E-state index contributed by atoms with van der Waals surface area (Å²) in [7, 11) is 0. The van der Waals surface area contributed by atoms with Crippen LogP contribution in [0.3, 0.4) is 0 Å². The molecule has 1 atom stereocenters. The van der Waals surface area contributed by atoms with Gasteiger partial charge in [0.2, 0.25) is 0 Å². The molecule has 1 unspecified atom stereocenters. The number of aryl methyl sites for hydroxylation is 1. The van der Waals surface area contributed by atoms with E-state index in [4.69, 9.17) is 5.11 Å². The minimum atomic E-state index is -0.708. The van der Waals surface area contributed by atoms with Crippen LogP contribution in [0.5, 0.6) is 0 Å². The molecule has 2 heterocycles. The van der Waals surface area contributed by atoms with Gasteiger partial charge < -0.3 is 5.11 Å². The maximum absolute atomic E-state index is 10.9. The predicted octanol–water partition coefficient (Wildman–Crippen LogP) is 1.50. The van der Waals surface area contributed by atoms with Crippen LogP contribution in [0.25, 0.3) is 0 Å². The van der Waals surface area contributed by atoms with Gasteiger partial charge in [0.25, 0.3) is 0 Å². The van der Waals surface area contributed by atoms with Crippen molar-refractivity contribution < 1.29 is 9.90 Å². The Morgan fingerprint density at radius 1 is 1.80 bits per heavy atom. The van der Waals surface area contributed by atoms with Crippen molar-refractivity contribution in [2.75, 3.05) is 6.54 Å². The number of aromatic nitrogens is 1. The zero-order valence-corrected chi connectivity index (χ0v) is 9.46. The first-order valence-electron chi connectivity index (χ1n) is 5.04. The van der Waals surface area contributed by atoms with Crippen LogP contribution in [0.15, 0.2) is 5.38 Å². The third kappa shape index (κ3) is 2.35. The Bertz CT molecular complexity index is 364. The number of hydrogen-bond acceptors (Lipinski definition) is 4. The van der Waals surface area contributed by atoms with Crippen molar-refractivity contribution >= 4 is 17.3 Å². The Morgan fingerprint density at radius 2 is 2.60 bits per heavy atom. The van der Waals surface area contributed by atoms with Crippen LogP contribution in [-0.4, -0.2) is 33.5 Å². The largest absolute Gasteiger partial charge is 0.480 e. The fraction of sp³-hybridized carbons (Fsp3) is 0.600. The van der Waals surface area contributed by atoms with Gasteiger partial charge in [-0.05, 0) is 26.3 Å². The van der Waals surface area contributed by atoms with Gasteiger partial charge in [0.1, 0.15) is 11.0 Å². The van der Waals surface area contributed by atoms with E-state index in [2.05, 4.69) is 4.98 Å². The SMILES string of the molecule is Cc1csc(CN2CCCC2C(=O)O)n1. The second kappa shape index (κ2) is 4.28. The molecular formula is C10H14N2O2S. The smallest absolute Gasteiger partial charge is 0.320 e. The Morgan fingerprint density at radius 3 is 3.20 bits per heavy atom. The maximum Gasteiger partial charge on any atom is 0.320 e. The standard InChI is InChI=1S/C10H14N2O2S/c1-7-6-15-9(11-7)5-12-4-2-3-8(12)10(13)14/h6,8H,2-5H2,1H3,(H,13,14). The number of carbonyl (C=O) groups is 1. The third-order valence-electron chi connectivity index (χ3n) is 2.65. The lowest BCUT2D eigenvalue weighted by atomic mass is 10.2. The lowest BCUT2D eigenvalue weighted by molar-refractivity contribution is -0.142. The average Bonchev–Trinajstić information content (AvgIpc) is 2.75. The first-order valence-corrected chi connectivity index (χ1v) is 5.92. The van der Waals surface area contributed by atoms with E-state index in [1.807, 2.05) is 17.2 Å². The predicted molar refractivity (Wildman–Crippen MR) is 57.9 cm³/mol. The Balaban J connectivity index is 2.02. The van der Waals surface area contributed by atoms with Crippen LogP contribution in [0, 0.1) is 6.92 Å². The highest BCUT2D eigenvalue weighted by atomic mass is 32.1. The fourth-order valence-electron chi connectivity index (χ4n) is 1.94. The van der Waals surface area contributed by atoms with Crippen molar-refractivity contribution in [2.24, 2.45) is 0 Å². The first-order chi connectivity index (χ1) is 7.16. The van der Waals surface area contributed by atoms with Crippen molar-refractivity contribution in [1.29, 1.82) is 0 Å². The molecule has 5 heteroatoms. The number of thiazole rings is 1. The van der Waals surface area contributed by atoms with Crippen molar-refractivity contribution in [1.82, 2.24) is 9.88 Å². The molecular weight excluding hydrogens is 212 g/mol. The van der Waals surface area contributed by atoms with E-state index < -0.39 is 5.97 Å². The molecule has 15 heavy (non-hydrogen) atoms. The first kappa shape index (κ1) is 10.6. The van der Waals surface area contributed by atoms with Gasteiger partial charge in [-0.2, -0.15) is 0 Å². The number of likely N-dealkylation sites (tertiary alicyclic amines) is 1. The minimum absolute atomic E-state index is 0.311. The van der Waals surface area contributed by atoms with E-state index >= 15 is 0 Å². The minimum Gasteiger partial charge on any atom is -0.480 e. The average molecular weight is 226 g/mol. The molecule has 82 valence electrons. The molecule has 1 aliphatic rings. The van der Waals surface area contributed by atoms with Gasteiger partial charge in [-0.15, -0.1) is 11.3 Å². The highest BCUT2D eigenvalue weighted by Gasteiger charge is 2.30. The quantitative estimate of drug-likeness (QED) is 0.848. The van der Waals surface area contributed by atoms with E-state index in [1.165, 1.54) is 0 Å². The molecule has 0 spiro atoms. The van der Waals surface area contributed by atoms with Gasteiger partial charge in [0, 0.05) is 11.1 Å². The molecule has 1 aromatic heterocycles. The molecule has 0 bridgehead atoms. The highest BCUT2D eigenvalue weighted by molar-refractivity contribution is 7.09. The Hall–Kier alpha value is -0.940. The normalized spacial score (nSPS) is 22.1. The molecule has 0 saturated carbocycles. The summed E-state index contributed by atoms with van der Waals surface area (Å²) < 4.78 is 0. The van der Waals surface area contributed by atoms with Crippen LogP contribution >= 0.6 is 11.3 Å². The van der Waals surface area contributed by atoms with Gasteiger partial charge >= 0.3 is 5.97 Å². The van der Waals surface area contributed by atoms with Gasteiger partial charge in [0.05, 0.1) is 6.54 Å². The summed E-state index contributed by atoms with van der Waals surface area (Å²) in [6.07, 6.45) is 1.74. The molecule has 4 nitrogen and oxygen atoms in total. The zero-order chi connectivity index (χ0) is 10.8. The molecule has 2 rings (SSSR count). The number of carboxylic acids is 1. The van der Waals surface area contributed by atoms with Crippen molar-refractivity contribution in [3.63, 3.8) is 0 Å². The van der Waals surface area contributed by atoms with Crippen molar-refractivity contribution in [3.05, 3.63) is 16.1 Å². The van der Waals surface area contributed by atoms with Gasteiger partial charge in [-0.1, -0.05) is 0 Å². The second-order valence-electron chi connectivity index (χ2n) is 3.85. The number of aliphatic carboxylic acids is 1. The fourth-order valence-corrected chi connectivity index (χ4v) is 2.74. The van der Waals surface area contributed by atoms with Crippen LogP contribution in [-0.2, 0) is 11.3 Å². The number of carboxylic acid groups (broad SMARTS) is 1. The van der Waals surface area contributed by atoms with Crippen molar-refractivity contribution in [2.45, 2.75) is 32.4 Å². The molecule has 1 aliphatic heterocycles. The highest BCUT2D eigenvalue weighted by Crippen LogP contribution is 2.21. The summed E-state index contributed by atoms with van der Waals surface area (Å²) in [5, 5.41) is 12.0. The van der Waals surface area contributed by atoms with Crippen LogP contribution in [0.1, 0.15) is 23.5 Å². The van der Waals surface area contributed by atoms with E-state index in [0.29, 0.717) is 6.54 Å². The summed E-state index contributed by atoms with van der Waals surface area (Å²) >= 11 is 1.60. The van der Waals surface area contributed by atoms with E-state index in [0.717, 1.165) is 30.1 Å². The molecule has 1 N–H and O–H groups in total. The molecule has 0 amide bonds. The summed E-state index contributed by atoms with van der Waals surface area (Å²) in [6.45, 7) is 3.50. The van der Waals surface area contributed by atoms with Crippen LogP contribution in [0.4, 0.5) is 0 Å².